The van der Waals surface area contributed by atoms with Crippen LogP contribution in [0.3, 0.4) is 0 Å². The van der Waals surface area contributed by atoms with Crippen LogP contribution in [0.25, 0.3) is 0 Å². The maximum atomic E-state index is 9.76. The van der Waals surface area contributed by atoms with E-state index in [0.717, 1.165) is 12.8 Å². The maximum Gasteiger partial charge on any atom is 0.0623 e. The van der Waals surface area contributed by atoms with Gasteiger partial charge in [0.1, 0.15) is 0 Å². The zero-order valence-electron chi connectivity index (χ0n) is 7.97. The second-order valence-corrected chi connectivity index (χ2v) is 4.76. The van der Waals surface area contributed by atoms with Crippen molar-refractivity contribution in [2.75, 3.05) is 0 Å². The Balaban J connectivity index is 2.65. The number of hydrogen-bond donors (Lipinski definition) is 1. The van der Waals surface area contributed by atoms with Gasteiger partial charge in [-0.1, -0.05) is 11.6 Å². The van der Waals surface area contributed by atoms with Crippen molar-refractivity contribution in [2.45, 2.75) is 44.6 Å². The third-order valence-corrected chi connectivity index (χ3v) is 3.23. The molecule has 0 aromatic carbocycles. The van der Waals surface area contributed by atoms with Crippen LogP contribution < -0.4 is 0 Å². The Morgan fingerprint density at radius 3 is 2.58 bits per heavy atom. The minimum Gasteiger partial charge on any atom is -0.390 e. The van der Waals surface area contributed by atoms with Gasteiger partial charge in [-0.15, -0.1) is 11.6 Å². The summed E-state index contributed by atoms with van der Waals surface area (Å²) in [4.78, 5) is 0. The van der Waals surface area contributed by atoms with Gasteiger partial charge in [-0.2, -0.15) is 0 Å². The minimum atomic E-state index is -0.593. The lowest BCUT2D eigenvalue weighted by Crippen LogP contribution is -2.34. The van der Waals surface area contributed by atoms with Gasteiger partial charge in [-0.05, 0) is 39.5 Å². The van der Waals surface area contributed by atoms with E-state index in [9.17, 15) is 5.11 Å². The highest BCUT2D eigenvalue weighted by atomic mass is 35.5. The molecule has 0 aromatic heterocycles. The number of aliphatic hydroxyl groups is 1. The third-order valence-electron chi connectivity index (χ3n) is 2.71. The van der Waals surface area contributed by atoms with Gasteiger partial charge in [0.05, 0.1) is 11.0 Å². The van der Waals surface area contributed by atoms with Crippen molar-refractivity contribution in [1.29, 1.82) is 0 Å². The van der Waals surface area contributed by atoms with Gasteiger partial charge in [-0.25, -0.2) is 0 Å². The summed E-state index contributed by atoms with van der Waals surface area (Å²) < 4.78 is 0. The van der Waals surface area contributed by atoms with E-state index in [2.05, 4.69) is 13.0 Å². The second kappa shape index (κ2) is 3.39. The number of hydrogen-bond acceptors (Lipinski definition) is 1. The average Bonchev–Trinajstić information content (AvgIpc) is 1.92. The Morgan fingerprint density at radius 1 is 1.58 bits per heavy atom. The molecule has 0 radical (unpaired) electrons. The van der Waals surface area contributed by atoms with Crippen LogP contribution in [0.5, 0.6) is 0 Å². The Kier molecular flexibility index (Phi) is 2.84. The fraction of sp³-hybridized carbons (Fsp3) is 0.800. The summed E-state index contributed by atoms with van der Waals surface area (Å²) in [5.74, 6) is 0.309. The third kappa shape index (κ3) is 2.24. The first-order valence-electron chi connectivity index (χ1n) is 4.44. The van der Waals surface area contributed by atoms with Crippen molar-refractivity contribution in [3.63, 3.8) is 0 Å². The van der Waals surface area contributed by atoms with Crippen LogP contribution >= 0.6 is 11.6 Å². The van der Waals surface area contributed by atoms with E-state index in [4.69, 9.17) is 11.6 Å². The molecule has 0 saturated heterocycles. The summed E-state index contributed by atoms with van der Waals surface area (Å²) >= 11 is 6.09. The second-order valence-electron chi connectivity index (χ2n) is 4.24. The zero-order chi connectivity index (χ0) is 9.35. The Bertz CT molecular complexity index is 191. The summed E-state index contributed by atoms with van der Waals surface area (Å²) in [6.45, 7) is 5.77. The summed E-state index contributed by atoms with van der Waals surface area (Å²) in [6, 6.07) is 0. The van der Waals surface area contributed by atoms with Crippen LogP contribution in [0.15, 0.2) is 11.6 Å². The molecule has 0 amide bonds. The molecule has 70 valence electrons. The summed E-state index contributed by atoms with van der Waals surface area (Å²) in [5, 5.41) is 9.88. The van der Waals surface area contributed by atoms with E-state index in [1.807, 2.05) is 13.8 Å². The van der Waals surface area contributed by atoms with Gasteiger partial charge in [0.2, 0.25) is 0 Å². The monoisotopic (exact) mass is 188 g/mol. The van der Waals surface area contributed by atoms with Crippen molar-refractivity contribution in [2.24, 2.45) is 5.92 Å². The summed E-state index contributed by atoms with van der Waals surface area (Å²) in [7, 11) is 0. The molecule has 1 aliphatic carbocycles. The largest absolute Gasteiger partial charge is 0.390 e. The van der Waals surface area contributed by atoms with Crippen molar-refractivity contribution in [3.8, 4) is 0 Å². The number of rotatable bonds is 1. The molecule has 0 heterocycles. The first kappa shape index (κ1) is 10.1. The molecule has 2 heteroatoms. The van der Waals surface area contributed by atoms with E-state index >= 15 is 0 Å². The molecule has 1 aliphatic rings. The van der Waals surface area contributed by atoms with Gasteiger partial charge < -0.3 is 5.11 Å². The van der Waals surface area contributed by atoms with Crippen LogP contribution in [-0.2, 0) is 0 Å². The molecule has 0 spiro atoms. The molecular weight excluding hydrogens is 172 g/mol. The van der Waals surface area contributed by atoms with E-state index < -0.39 is 5.60 Å². The Morgan fingerprint density at radius 2 is 2.17 bits per heavy atom. The molecule has 2 unspecified atom stereocenters. The highest BCUT2D eigenvalue weighted by molar-refractivity contribution is 6.22. The highest BCUT2D eigenvalue weighted by Gasteiger charge is 2.30. The molecule has 0 fully saturated rings. The van der Waals surface area contributed by atoms with Gasteiger partial charge in [-0.3, -0.25) is 0 Å². The molecule has 2 atom stereocenters. The lowest BCUT2D eigenvalue weighted by atomic mass is 9.80. The normalized spacial score (nSPS) is 31.6. The van der Waals surface area contributed by atoms with Crippen LogP contribution in [0, 0.1) is 5.92 Å². The summed E-state index contributed by atoms with van der Waals surface area (Å²) in [5.41, 5.74) is 0.654. The van der Waals surface area contributed by atoms with E-state index in [1.165, 1.54) is 5.57 Å². The zero-order valence-corrected chi connectivity index (χ0v) is 8.73. The molecule has 1 nitrogen and oxygen atoms in total. The molecule has 0 aromatic rings. The molecule has 0 saturated carbocycles. The van der Waals surface area contributed by atoms with Gasteiger partial charge in [0.25, 0.3) is 0 Å². The van der Waals surface area contributed by atoms with E-state index in [0.29, 0.717) is 5.92 Å². The van der Waals surface area contributed by atoms with Gasteiger partial charge >= 0.3 is 0 Å². The number of halogens is 1. The first-order chi connectivity index (χ1) is 5.41. The van der Waals surface area contributed by atoms with Crippen molar-refractivity contribution >= 4 is 11.6 Å². The quantitative estimate of drug-likeness (QED) is 0.496. The smallest absolute Gasteiger partial charge is 0.0623 e. The highest BCUT2D eigenvalue weighted by Crippen LogP contribution is 2.34. The lowest BCUT2D eigenvalue weighted by molar-refractivity contribution is 0.0131. The van der Waals surface area contributed by atoms with E-state index in [1.54, 1.807) is 0 Å². The number of alkyl halides is 1. The van der Waals surface area contributed by atoms with Gasteiger partial charge in [0, 0.05) is 0 Å². The predicted molar refractivity (Wildman–Crippen MR) is 52.4 cm³/mol. The fourth-order valence-electron chi connectivity index (χ4n) is 1.56. The predicted octanol–water partition coefficient (Wildman–Crippen LogP) is 2.72. The number of allylic oxidation sites excluding steroid dienone is 2. The van der Waals surface area contributed by atoms with Crippen molar-refractivity contribution < 1.29 is 5.11 Å². The Labute approximate surface area is 79.4 Å². The fourth-order valence-corrected chi connectivity index (χ4v) is 1.87. The average molecular weight is 189 g/mol. The molecule has 0 aliphatic heterocycles. The van der Waals surface area contributed by atoms with Crippen molar-refractivity contribution in [3.05, 3.63) is 11.6 Å². The van der Waals surface area contributed by atoms with Crippen LogP contribution in [0.1, 0.15) is 33.6 Å². The lowest BCUT2D eigenvalue weighted by Gasteiger charge is -2.33. The summed E-state index contributed by atoms with van der Waals surface area (Å²) in [6.07, 6.45) is 4.00. The standard InChI is InChI=1S/C10H17ClO/c1-7-4-5-8(6-9(7)11)10(2,3)12/h4,8-9,12H,5-6H2,1-3H3. The topological polar surface area (TPSA) is 20.2 Å². The van der Waals surface area contributed by atoms with Crippen molar-refractivity contribution in [1.82, 2.24) is 0 Å². The molecule has 1 N–H and O–H groups in total. The maximum absolute atomic E-state index is 9.76. The van der Waals surface area contributed by atoms with Gasteiger partial charge in [0.15, 0.2) is 0 Å². The van der Waals surface area contributed by atoms with Crippen LogP contribution in [0.4, 0.5) is 0 Å². The SMILES string of the molecule is CC1=CCC(C(C)(C)O)CC1Cl. The minimum absolute atomic E-state index is 0.121. The first-order valence-corrected chi connectivity index (χ1v) is 4.88. The Hall–Kier alpha value is -0.0100. The molecule has 0 bridgehead atoms. The van der Waals surface area contributed by atoms with E-state index in [-0.39, 0.29) is 5.38 Å². The molecule has 1 rings (SSSR count). The molecule has 12 heavy (non-hydrogen) atoms. The molecular formula is C10H17ClO. The van der Waals surface area contributed by atoms with Crippen LogP contribution in [0.2, 0.25) is 0 Å². The van der Waals surface area contributed by atoms with Crippen LogP contribution in [-0.4, -0.2) is 16.1 Å².